The number of methoxy groups -OCH3 is 1. The molecule has 1 saturated heterocycles. The number of amides is 1. The minimum atomic E-state index is -0.133. The van der Waals surface area contributed by atoms with Gasteiger partial charge in [-0.25, -0.2) is 0 Å². The molecule has 1 aromatic rings. The second kappa shape index (κ2) is 5.36. The van der Waals surface area contributed by atoms with Gasteiger partial charge in [0.25, 0.3) is 5.91 Å². The molecule has 0 bridgehead atoms. The number of rotatable bonds is 2. The van der Waals surface area contributed by atoms with E-state index in [-0.39, 0.29) is 5.91 Å². The fourth-order valence-electron chi connectivity index (χ4n) is 1.34. The van der Waals surface area contributed by atoms with Crippen molar-refractivity contribution in [2.75, 3.05) is 7.11 Å². The van der Waals surface area contributed by atoms with E-state index in [9.17, 15) is 4.79 Å². The summed E-state index contributed by atoms with van der Waals surface area (Å²) < 4.78 is 6.68. The molecule has 1 aromatic carbocycles. The first-order chi connectivity index (χ1) is 8.10. The fraction of sp³-hybridized carbons (Fsp3) is 0.0909. The van der Waals surface area contributed by atoms with E-state index in [4.69, 9.17) is 17.0 Å². The first-order valence-corrected chi connectivity index (χ1v) is 6.99. The summed E-state index contributed by atoms with van der Waals surface area (Å²) in [5.41, 5.74) is 0.956. The molecule has 17 heavy (non-hydrogen) atoms. The average molecular weight is 377 g/mol. The molecule has 0 saturated carbocycles. The molecule has 1 N–H and O–H groups in total. The Bertz CT molecular complexity index is 528. The summed E-state index contributed by atoms with van der Waals surface area (Å²) in [6, 6.07) is 5.74. The van der Waals surface area contributed by atoms with Gasteiger partial charge in [0.05, 0.1) is 15.6 Å². The molecule has 0 unspecified atom stereocenters. The van der Waals surface area contributed by atoms with Crippen molar-refractivity contribution in [2.45, 2.75) is 0 Å². The second-order valence-corrected chi connectivity index (χ2v) is 6.13. The summed E-state index contributed by atoms with van der Waals surface area (Å²) in [5.74, 6) is 0.692. The average Bonchev–Trinajstić information content (AvgIpc) is 2.58. The fourth-order valence-corrected chi connectivity index (χ4v) is 3.15. The highest BCUT2D eigenvalue weighted by Crippen LogP contribution is 2.28. The van der Waals surface area contributed by atoms with E-state index >= 15 is 0 Å². The van der Waals surface area contributed by atoms with Crippen LogP contribution in [0.5, 0.6) is 5.75 Å². The van der Waals surface area contributed by atoms with Crippen LogP contribution in [-0.4, -0.2) is 17.3 Å². The number of thioether (sulfide) groups is 1. The van der Waals surface area contributed by atoms with Gasteiger partial charge in [-0.15, -0.1) is 0 Å². The molecule has 1 heterocycles. The first kappa shape index (κ1) is 12.8. The Labute approximate surface area is 122 Å². The highest BCUT2D eigenvalue weighted by Gasteiger charge is 2.21. The number of carbonyl (C=O) groups excluding carboxylic acids is 1. The molecule has 0 aromatic heterocycles. The molecule has 0 atom stereocenters. The molecule has 1 fully saturated rings. The standard InChI is InChI=1S/C11H8INO2S2/c1-15-8-3-2-6(4-7(8)12)5-9-10(14)13-11(16)17-9/h2-5H,1H3,(H,13,14,16)/b9-5+. The zero-order valence-corrected chi connectivity index (χ0v) is 12.6. The molecule has 6 heteroatoms. The number of ether oxygens (including phenoxy) is 1. The number of halogens is 1. The smallest absolute Gasteiger partial charge is 0.263 e. The third-order valence-electron chi connectivity index (χ3n) is 2.12. The van der Waals surface area contributed by atoms with Crippen molar-refractivity contribution >= 4 is 62.9 Å². The number of hydrogen-bond acceptors (Lipinski definition) is 4. The van der Waals surface area contributed by atoms with Crippen molar-refractivity contribution in [3.8, 4) is 5.75 Å². The predicted octanol–water partition coefficient (Wildman–Crippen LogP) is 2.79. The Hall–Kier alpha value is -0.600. The van der Waals surface area contributed by atoms with Gasteiger partial charge in [-0.3, -0.25) is 4.79 Å². The van der Waals surface area contributed by atoms with Gasteiger partial charge in [0.1, 0.15) is 10.1 Å². The van der Waals surface area contributed by atoms with Gasteiger partial charge in [0.15, 0.2) is 0 Å². The van der Waals surface area contributed by atoms with E-state index in [1.807, 2.05) is 24.3 Å². The zero-order chi connectivity index (χ0) is 12.4. The summed E-state index contributed by atoms with van der Waals surface area (Å²) in [6.07, 6.45) is 1.82. The lowest BCUT2D eigenvalue weighted by Gasteiger charge is -2.03. The maximum absolute atomic E-state index is 11.5. The van der Waals surface area contributed by atoms with E-state index < -0.39 is 0 Å². The Balaban J connectivity index is 2.30. The van der Waals surface area contributed by atoms with Crippen molar-refractivity contribution in [2.24, 2.45) is 0 Å². The minimum Gasteiger partial charge on any atom is -0.496 e. The molecule has 1 aliphatic rings. The van der Waals surface area contributed by atoms with Crippen molar-refractivity contribution < 1.29 is 9.53 Å². The maximum Gasteiger partial charge on any atom is 0.263 e. The van der Waals surface area contributed by atoms with Crippen LogP contribution in [0.1, 0.15) is 5.56 Å². The van der Waals surface area contributed by atoms with Gasteiger partial charge in [0.2, 0.25) is 0 Å². The Morgan fingerprint density at radius 3 is 2.82 bits per heavy atom. The third-order valence-corrected chi connectivity index (χ3v) is 4.12. The number of thiocarbonyl (C=S) groups is 1. The highest BCUT2D eigenvalue weighted by molar-refractivity contribution is 14.1. The second-order valence-electron chi connectivity index (χ2n) is 3.25. The van der Waals surface area contributed by atoms with Gasteiger partial charge < -0.3 is 10.1 Å². The van der Waals surface area contributed by atoms with Crippen LogP contribution in [0.3, 0.4) is 0 Å². The van der Waals surface area contributed by atoms with Crippen LogP contribution in [-0.2, 0) is 4.79 Å². The van der Waals surface area contributed by atoms with Gasteiger partial charge >= 0.3 is 0 Å². The van der Waals surface area contributed by atoms with Crippen LogP contribution in [0, 0.1) is 3.57 Å². The van der Waals surface area contributed by atoms with Crippen LogP contribution >= 0.6 is 46.6 Å². The SMILES string of the molecule is COc1ccc(/C=C2/SC(=S)NC2=O)cc1I. The van der Waals surface area contributed by atoms with E-state index in [1.165, 1.54) is 11.8 Å². The topological polar surface area (TPSA) is 38.3 Å². The van der Waals surface area contributed by atoms with Crippen molar-refractivity contribution in [1.82, 2.24) is 5.32 Å². The van der Waals surface area contributed by atoms with Crippen molar-refractivity contribution in [1.29, 1.82) is 0 Å². The van der Waals surface area contributed by atoms with Crippen LogP contribution in [0.15, 0.2) is 23.1 Å². The van der Waals surface area contributed by atoms with Gasteiger partial charge in [-0.05, 0) is 46.4 Å². The minimum absolute atomic E-state index is 0.133. The van der Waals surface area contributed by atoms with Crippen molar-refractivity contribution in [3.63, 3.8) is 0 Å². The number of carbonyl (C=O) groups is 1. The van der Waals surface area contributed by atoms with E-state index in [2.05, 4.69) is 27.9 Å². The van der Waals surface area contributed by atoms with E-state index in [0.717, 1.165) is 14.9 Å². The lowest BCUT2D eigenvalue weighted by molar-refractivity contribution is -0.115. The zero-order valence-electron chi connectivity index (χ0n) is 8.82. The summed E-state index contributed by atoms with van der Waals surface area (Å²) in [6.45, 7) is 0. The lowest BCUT2D eigenvalue weighted by Crippen LogP contribution is -2.17. The van der Waals surface area contributed by atoms with Gasteiger partial charge in [0, 0.05) is 0 Å². The molecule has 0 radical (unpaired) electrons. The Kier molecular flexibility index (Phi) is 4.05. The summed E-state index contributed by atoms with van der Waals surface area (Å²) in [7, 11) is 1.63. The van der Waals surface area contributed by atoms with E-state index in [1.54, 1.807) is 7.11 Å². The van der Waals surface area contributed by atoms with E-state index in [0.29, 0.717) is 9.23 Å². The van der Waals surface area contributed by atoms with Crippen LogP contribution < -0.4 is 10.1 Å². The van der Waals surface area contributed by atoms with Crippen LogP contribution in [0.25, 0.3) is 6.08 Å². The quantitative estimate of drug-likeness (QED) is 0.489. The van der Waals surface area contributed by atoms with Crippen molar-refractivity contribution in [3.05, 3.63) is 32.2 Å². The molecular weight excluding hydrogens is 369 g/mol. The third kappa shape index (κ3) is 2.99. The molecule has 3 nitrogen and oxygen atoms in total. The molecule has 1 aliphatic heterocycles. The molecule has 2 rings (SSSR count). The van der Waals surface area contributed by atoms with Gasteiger partial charge in [-0.2, -0.15) is 0 Å². The molecule has 0 spiro atoms. The number of nitrogens with one attached hydrogen (secondary N) is 1. The monoisotopic (exact) mass is 377 g/mol. The first-order valence-electron chi connectivity index (χ1n) is 4.68. The highest BCUT2D eigenvalue weighted by atomic mass is 127. The molecule has 0 aliphatic carbocycles. The normalized spacial score (nSPS) is 17.4. The Morgan fingerprint density at radius 1 is 1.53 bits per heavy atom. The largest absolute Gasteiger partial charge is 0.496 e. The maximum atomic E-state index is 11.5. The Morgan fingerprint density at radius 2 is 2.29 bits per heavy atom. The summed E-state index contributed by atoms with van der Waals surface area (Å²) in [4.78, 5) is 12.1. The predicted molar refractivity (Wildman–Crippen MR) is 82.0 cm³/mol. The summed E-state index contributed by atoms with van der Waals surface area (Å²) >= 11 is 8.40. The van der Waals surface area contributed by atoms with Gasteiger partial charge in [-0.1, -0.05) is 30.0 Å². The summed E-state index contributed by atoms with van der Waals surface area (Å²) in [5, 5.41) is 2.58. The molecule has 1 amide bonds. The molecule has 88 valence electrons. The van der Waals surface area contributed by atoms with Crippen LogP contribution in [0.2, 0.25) is 0 Å². The van der Waals surface area contributed by atoms with Crippen LogP contribution in [0.4, 0.5) is 0 Å². The lowest BCUT2D eigenvalue weighted by atomic mass is 10.2. The number of hydrogen-bond donors (Lipinski definition) is 1. The molecular formula is C11H8INO2S2. The number of benzene rings is 1.